The minimum atomic E-state index is -4.92. The Kier molecular flexibility index (Phi) is 8.42. The van der Waals surface area contributed by atoms with Crippen LogP contribution in [0.5, 0.6) is 0 Å². The molecule has 1 aliphatic heterocycles. The van der Waals surface area contributed by atoms with E-state index in [-0.39, 0.29) is 11.4 Å². The van der Waals surface area contributed by atoms with Crippen molar-refractivity contribution in [1.29, 1.82) is 0 Å². The summed E-state index contributed by atoms with van der Waals surface area (Å²) in [5.74, 6) is -6.43. The number of hydrogen-bond acceptors (Lipinski definition) is 4. The van der Waals surface area contributed by atoms with Gasteiger partial charge in [-0.15, -0.1) is 0 Å². The minimum Gasteiger partial charge on any atom is -0.369 e. The molecule has 0 saturated heterocycles. The highest BCUT2D eigenvalue weighted by molar-refractivity contribution is 6.21. The molecule has 0 radical (unpaired) electrons. The van der Waals surface area contributed by atoms with Crippen LogP contribution in [0.2, 0.25) is 0 Å². The van der Waals surface area contributed by atoms with Gasteiger partial charge in [-0.2, -0.15) is 26.3 Å². The van der Waals surface area contributed by atoms with Gasteiger partial charge < -0.3 is 16.8 Å². The normalized spacial score (nSPS) is 18.2. The van der Waals surface area contributed by atoms with Crippen LogP contribution in [0.1, 0.15) is 42.4 Å². The number of rotatable bonds is 9. The first kappa shape index (κ1) is 29.7. The SMILES string of the molecule is Cc1ccccc1C1=N[C@@H](C(CCC(F)(F)F)(C(N)=O)C(CCC(F)(F)F)C(N)=O)C(=O)Nc2ccccc21. The van der Waals surface area contributed by atoms with E-state index in [1.54, 1.807) is 49.4 Å². The molecule has 7 nitrogen and oxygen atoms in total. The van der Waals surface area contributed by atoms with Crippen molar-refractivity contribution in [2.24, 2.45) is 27.8 Å². The maximum Gasteiger partial charge on any atom is 0.389 e. The average Bonchev–Trinajstić information content (AvgIpc) is 2.96. The van der Waals surface area contributed by atoms with Crippen molar-refractivity contribution in [3.63, 3.8) is 0 Å². The molecule has 0 saturated carbocycles. The number of hydrogen-bond donors (Lipinski definition) is 3. The van der Waals surface area contributed by atoms with Gasteiger partial charge in [-0.05, 0) is 31.4 Å². The number of carbonyl (C=O) groups is 3. The lowest BCUT2D eigenvalue weighted by molar-refractivity contribution is -0.163. The van der Waals surface area contributed by atoms with Gasteiger partial charge in [-0.1, -0.05) is 42.5 Å². The Balaban J connectivity index is 2.35. The third-order valence-corrected chi connectivity index (χ3v) is 6.80. The summed E-state index contributed by atoms with van der Waals surface area (Å²) < 4.78 is 79.9. The lowest BCUT2D eigenvalue weighted by Gasteiger charge is -2.40. The van der Waals surface area contributed by atoms with E-state index in [1.807, 2.05) is 0 Å². The minimum absolute atomic E-state index is 0.0729. The summed E-state index contributed by atoms with van der Waals surface area (Å²) >= 11 is 0. The molecule has 2 aromatic rings. The van der Waals surface area contributed by atoms with Crippen LogP contribution in [-0.4, -0.2) is 41.8 Å². The predicted octanol–water partition coefficient (Wildman–Crippen LogP) is 4.41. The number of nitrogens with two attached hydrogens (primary N) is 2. The molecule has 13 heteroatoms. The number of benzene rings is 2. The fourth-order valence-corrected chi connectivity index (χ4v) is 4.90. The Morgan fingerprint density at radius 2 is 1.46 bits per heavy atom. The second kappa shape index (κ2) is 11.1. The van der Waals surface area contributed by atoms with Gasteiger partial charge in [0, 0.05) is 24.0 Å². The van der Waals surface area contributed by atoms with Gasteiger partial charge in [0.1, 0.15) is 6.04 Å². The van der Waals surface area contributed by atoms with E-state index >= 15 is 0 Å². The summed E-state index contributed by atoms with van der Waals surface area (Å²) in [7, 11) is 0. The molecule has 3 atom stereocenters. The molecular weight excluding hydrogens is 530 g/mol. The smallest absolute Gasteiger partial charge is 0.369 e. The van der Waals surface area contributed by atoms with E-state index in [0.29, 0.717) is 16.7 Å². The van der Waals surface area contributed by atoms with Gasteiger partial charge in [0.25, 0.3) is 0 Å². The molecule has 39 heavy (non-hydrogen) atoms. The lowest BCUT2D eigenvalue weighted by atomic mass is 9.64. The lowest BCUT2D eigenvalue weighted by Crippen LogP contribution is -2.58. The quantitative estimate of drug-likeness (QED) is 0.396. The van der Waals surface area contributed by atoms with Gasteiger partial charge in [0.2, 0.25) is 17.7 Å². The van der Waals surface area contributed by atoms with Gasteiger partial charge >= 0.3 is 12.4 Å². The number of anilines is 1. The molecule has 3 rings (SSSR count). The molecule has 0 aromatic heterocycles. The predicted molar refractivity (Wildman–Crippen MR) is 131 cm³/mol. The van der Waals surface area contributed by atoms with Crippen LogP contribution >= 0.6 is 0 Å². The number of amides is 3. The topological polar surface area (TPSA) is 128 Å². The second-order valence-electron chi connectivity index (χ2n) is 9.36. The zero-order valence-corrected chi connectivity index (χ0v) is 20.7. The summed E-state index contributed by atoms with van der Waals surface area (Å²) in [5, 5.41) is 2.50. The number of primary amides is 2. The number of para-hydroxylation sites is 1. The van der Waals surface area contributed by atoms with E-state index in [9.17, 15) is 40.7 Å². The Morgan fingerprint density at radius 1 is 0.897 bits per heavy atom. The maximum absolute atomic E-state index is 13.6. The zero-order valence-electron chi connectivity index (χ0n) is 20.7. The Hall–Kier alpha value is -3.90. The highest BCUT2D eigenvalue weighted by atomic mass is 19.4. The fourth-order valence-electron chi connectivity index (χ4n) is 4.90. The molecular formula is C26H26F6N4O3. The van der Waals surface area contributed by atoms with Crippen molar-refractivity contribution in [3.8, 4) is 0 Å². The summed E-state index contributed by atoms with van der Waals surface area (Å²) in [6, 6.07) is 10.8. The van der Waals surface area contributed by atoms with Crippen molar-refractivity contribution in [2.45, 2.75) is 51.0 Å². The van der Waals surface area contributed by atoms with E-state index in [1.165, 1.54) is 6.07 Å². The molecule has 0 spiro atoms. The monoisotopic (exact) mass is 556 g/mol. The molecule has 5 N–H and O–H groups in total. The third-order valence-electron chi connectivity index (χ3n) is 6.80. The summed E-state index contributed by atoms with van der Waals surface area (Å²) in [6.07, 6.45) is -15.6. The van der Waals surface area contributed by atoms with E-state index in [0.717, 1.165) is 0 Å². The second-order valence-corrected chi connectivity index (χ2v) is 9.36. The first-order chi connectivity index (χ1) is 18.1. The number of carbonyl (C=O) groups excluding carboxylic acids is 3. The highest BCUT2D eigenvalue weighted by Gasteiger charge is 2.57. The molecule has 2 unspecified atom stereocenters. The average molecular weight is 557 g/mol. The van der Waals surface area contributed by atoms with E-state index in [4.69, 9.17) is 11.5 Å². The van der Waals surface area contributed by atoms with Crippen molar-refractivity contribution < 1.29 is 40.7 Å². The van der Waals surface area contributed by atoms with Gasteiger partial charge in [0.05, 0.1) is 22.7 Å². The first-order valence-electron chi connectivity index (χ1n) is 11.8. The van der Waals surface area contributed by atoms with Gasteiger partial charge in [-0.3, -0.25) is 19.4 Å². The van der Waals surface area contributed by atoms with Gasteiger partial charge in [-0.25, -0.2) is 0 Å². The highest BCUT2D eigenvalue weighted by Crippen LogP contribution is 2.46. The first-order valence-corrected chi connectivity index (χ1v) is 11.8. The molecule has 1 heterocycles. The van der Waals surface area contributed by atoms with Crippen LogP contribution < -0.4 is 16.8 Å². The van der Waals surface area contributed by atoms with Crippen molar-refractivity contribution in [1.82, 2.24) is 0 Å². The van der Waals surface area contributed by atoms with Crippen molar-refractivity contribution in [3.05, 3.63) is 65.2 Å². The summed E-state index contributed by atoms with van der Waals surface area (Å²) in [6.45, 7) is 1.70. The molecule has 210 valence electrons. The fraction of sp³-hybridized carbons (Fsp3) is 0.385. The van der Waals surface area contributed by atoms with Crippen LogP contribution in [0.4, 0.5) is 32.0 Å². The van der Waals surface area contributed by atoms with Crippen molar-refractivity contribution >= 4 is 29.1 Å². The summed E-state index contributed by atoms with van der Waals surface area (Å²) in [5.41, 5.74) is 9.83. The van der Waals surface area contributed by atoms with Crippen LogP contribution in [0.15, 0.2) is 53.5 Å². The summed E-state index contributed by atoms with van der Waals surface area (Å²) in [4.78, 5) is 43.6. The number of fused-ring (bicyclic) bond motifs is 1. The van der Waals surface area contributed by atoms with Crippen LogP contribution in [-0.2, 0) is 14.4 Å². The number of aryl methyl sites for hydroxylation is 1. The Morgan fingerprint density at radius 3 is 2.00 bits per heavy atom. The van der Waals surface area contributed by atoms with Gasteiger partial charge in [0.15, 0.2) is 0 Å². The molecule has 0 aliphatic carbocycles. The molecule has 3 amide bonds. The molecule has 2 aromatic carbocycles. The van der Waals surface area contributed by atoms with Crippen LogP contribution in [0, 0.1) is 18.3 Å². The Labute approximate surface area is 219 Å². The largest absolute Gasteiger partial charge is 0.389 e. The van der Waals surface area contributed by atoms with E-state index in [2.05, 4.69) is 10.3 Å². The number of nitrogens with one attached hydrogen (secondary N) is 1. The number of halogens is 6. The number of aliphatic imine (C=N–C) groups is 1. The van der Waals surface area contributed by atoms with Crippen molar-refractivity contribution in [2.75, 3.05) is 5.32 Å². The standard InChI is InChI=1S/C26H26F6N4O3/c1-14-6-2-3-7-15(14)19-16-8-4-5-9-18(16)35-22(38)20(36-19)24(23(34)39,12-13-26(30,31)32)17(21(33)37)10-11-25(27,28)29/h2-9,17,20H,10-13H2,1H3,(H2,33,37)(H2,34,39)(H,35,38)/t17?,20-,24?/m1/s1. The molecule has 0 bridgehead atoms. The van der Waals surface area contributed by atoms with Crippen LogP contribution in [0.25, 0.3) is 0 Å². The zero-order chi connectivity index (χ0) is 29.2. The number of benzodiazepines with no additional fused rings is 1. The third kappa shape index (κ3) is 6.58. The maximum atomic E-state index is 13.6. The number of nitrogens with zero attached hydrogens (tertiary/aromatic N) is 1. The van der Waals surface area contributed by atoms with E-state index < -0.39 is 73.1 Å². The molecule has 0 fully saturated rings. The van der Waals surface area contributed by atoms with Crippen LogP contribution in [0.3, 0.4) is 0 Å². The number of alkyl halides is 6. The Bertz CT molecular complexity index is 1290. The molecule has 1 aliphatic rings.